The van der Waals surface area contributed by atoms with Crippen LogP contribution >= 0.6 is 23.2 Å². The van der Waals surface area contributed by atoms with E-state index in [2.05, 4.69) is 103 Å². The Morgan fingerprint density at radius 1 is 0.705 bits per heavy atom. The van der Waals surface area contributed by atoms with Crippen molar-refractivity contribution in [3.8, 4) is 83.0 Å². The smallest absolute Gasteiger partial charge is 0.268 e. The lowest BCUT2D eigenvalue weighted by Gasteiger charge is -2.24. The van der Waals surface area contributed by atoms with Crippen LogP contribution in [0.15, 0.2) is 94.7 Å². The molecule has 5 aromatic rings. The number of nitrogens with one attached hydrogen (secondary N) is 3. The van der Waals surface area contributed by atoms with E-state index in [1.54, 1.807) is 43.3 Å². The molecule has 2 heterocycles. The third kappa shape index (κ3) is 10.5. The summed E-state index contributed by atoms with van der Waals surface area (Å²) in [6, 6.07) is 21.5. The Kier molecular flexibility index (Phi) is 13.6. The largest absolute Gasteiger partial charge is 0.322 e. The molecule has 1 atom stereocenters. The van der Waals surface area contributed by atoms with Gasteiger partial charge in [-0.25, -0.2) is 26.2 Å². The summed E-state index contributed by atoms with van der Waals surface area (Å²) in [5.41, 5.74) is 1.97. The second-order valence-electron chi connectivity index (χ2n) is 12.2. The molecule has 1 aliphatic rings. The second-order valence-corrected chi connectivity index (χ2v) is 16.3. The molecule has 61 heavy (non-hydrogen) atoms. The molecule has 3 N–H and O–H groups in total. The van der Waals surface area contributed by atoms with Crippen molar-refractivity contribution in [2.75, 3.05) is 21.5 Å². The van der Waals surface area contributed by atoms with E-state index < -0.39 is 42.8 Å². The SMILES string of the molecule is CC#CC#CC#CC#CC#CC#CC#CNS(=O)(=O)c1ccc(Cl)c(NS(=O)(=O)c2ccc(Cl)c(NC(=O)C(C(=O)N3CCc4ccccc43)n3nnc4ccccc43)c2)c1. The normalized spacial score (nSPS) is 11.4. The third-order valence-corrected chi connectivity index (χ3v) is 11.6. The first-order chi connectivity index (χ1) is 29.4. The third-order valence-electron chi connectivity index (χ3n) is 8.32. The Balaban J connectivity index is 1.19. The minimum atomic E-state index is -4.52. The minimum Gasteiger partial charge on any atom is -0.322 e. The van der Waals surface area contributed by atoms with Gasteiger partial charge in [-0.2, -0.15) is 0 Å². The van der Waals surface area contributed by atoms with E-state index >= 15 is 0 Å². The molecular formula is C44H25Cl2N7O6S2. The summed E-state index contributed by atoms with van der Waals surface area (Å²) >= 11 is 12.8. The summed E-state index contributed by atoms with van der Waals surface area (Å²) in [6.07, 6.45) is 0.574. The van der Waals surface area contributed by atoms with Crippen molar-refractivity contribution in [3.05, 3.63) is 101 Å². The van der Waals surface area contributed by atoms with Crippen molar-refractivity contribution in [2.24, 2.45) is 0 Å². The maximum absolute atomic E-state index is 14.2. The summed E-state index contributed by atoms with van der Waals surface area (Å²) in [7, 11) is -8.84. The van der Waals surface area contributed by atoms with Crippen molar-refractivity contribution in [2.45, 2.75) is 29.2 Å². The fourth-order valence-corrected chi connectivity index (χ4v) is 7.91. The van der Waals surface area contributed by atoms with Gasteiger partial charge in [-0.15, -0.1) is 5.10 Å². The highest BCUT2D eigenvalue weighted by Crippen LogP contribution is 2.33. The molecule has 6 rings (SSSR count). The van der Waals surface area contributed by atoms with Crippen molar-refractivity contribution in [3.63, 3.8) is 0 Å². The molecule has 1 aliphatic heterocycles. The van der Waals surface area contributed by atoms with Crippen LogP contribution in [0, 0.1) is 83.0 Å². The molecule has 0 radical (unpaired) electrons. The molecule has 0 bridgehead atoms. The molecule has 17 heteroatoms. The zero-order valence-corrected chi connectivity index (χ0v) is 34.5. The number of amides is 2. The molecule has 4 aromatic carbocycles. The Morgan fingerprint density at radius 3 is 1.97 bits per heavy atom. The van der Waals surface area contributed by atoms with Gasteiger partial charge < -0.3 is 10.2 Å². The summed E-state index contributed by atoms with van der Waals surface area (Å²) in [6.45, 7) is 1.96. The maximum Gasteiger partial charge on any atom is 0.268 e. The minimum absolute atomic E-state index is 0.0531. The lowest BCUT2D eigenvalue weighted by atomic mass is 10.1. The number of carbonyl (C=O) groups is 2. The van der Waals surface area contributed by atoms with E-state index in [0.717, 1.165) is 29.8 Å². The van der Waals surface area contributed by atoms with Gasteiger partial charge in [0.2, 0.25) is 6.04 Å². The molecule has 1 aromatic heterocycles. The molecule has 2 amide bonds. The van der Waals surface area contributed by atoms with E-state index in [1.807, 2.05) is 16.9 Å². The fourth-order valence-electron chi connectivity index (χ4n) is 5.60. The number of hydrogen-bond donors (Lipinski definition) is 3. The fraction of sp³-hybridized carbons (Fsp3) is 0.0909. The number of nitrogens with zero attached hydrogens (tertiary/aromatic N) is 4. The van der Waals surface area contributed by atoms with E-state index in [-0.39, 0.29) is 26.3 Å². The molecule has 0 saturated carbocycles. The predicted molar refractivity (Wildman–Crippen MR) is 232 cm³/mol. The molecular weight excluding hydrogens is 858 g/mol. The molecule has 0 spiro atoms. The Morgan fingerprint density at radius 2 is 1.28 bits per heavy atom. The zero-order valence-electron chi connectivity index (χ0n) is 31.4. The van der Waals surface area contributed by atoms with E-state index in [4.69, 9.17) is 23.2 Å². The number of rotatable bonds is 9. The maximum atomic E-state index is 14.2. The quantitative estimate of drug-likeness (QED) is 0.110. The van der Waals surface area contributed by atoms with E-state index in [0.29, 0.717) is 29.7 Å². The first-order valence-corrected chi connectivity index (χ1v) is 21.2. The second kappa shape index (κ2) is 19.3. The van der Waals surface area contributed by atoms with Crippen LogP contribution in [0.2, 0.25) is 10.0 Å². The number of para-hydroxylation sites is 2. The lowest BCUT2D eigenvalue weighted by Crippen LogP contribution is -2.42. The Bertz CT molecular complexity index is 3320. The van der Waals surface area contributed by atoms with Crippen molar-refractivity contribution >= 4 is 83.2 Å². The Labute approximate surface area is 361 Å². The predicted octanol–water partition coefficient (Wildman–Crippen LogP) is 4.59. The van der Waals surface area contributed by atoms with Crippen LogP contribution < -0.4 is 19.7 Å². The van der Waals surface area contributed by atoms with Gasteiger partial charge in [-0.3, -0.25) is 14.3 Å². The summed E-state index contributed by atoms with van der Waals surface area (Å²) in [5, 5.41) is 10.7. The van der Waals surface area contributed by atoms with Crippen LogP contribution in [0.1, 0.15) is 18.5 Å². The first-order valence-electron chi connectivity index (χ1n) is 17.4. The number of anilines is 3. The van der Waals surface area contributed by atoms with E-state index in [9.17, 15) is 26.4 Å². The number of benzene rings is 4. The highest BCUT2D eigenvalue weighted by Gasteiger charge is 2.38. The molecule has 0 saturated heterocycles. The number of aromatic nitrogens is 3. The Hall–Kier alpha value is -7.78. The lowest BCUT2D eigenvalue weighted by molar-refractivity contribution is -0.130. The molecule has 0 aliphatic carbocycles. The standard InChI is InChI=1S/C44H25Cl2N7O6S2/c1-2-3-4-5-6-7-8-9-10-11-12-13-18-28-47-60(56,57)33-23-26-36(46)39(31-33)50-61(58,59)34-24-25-35(45)38(30-34)48-43(54)42(53-41-22-17-15-20-37(41)49-51-53)44(55)52-29-27-32-19-14-16-21-40(32)52/h14-17,19-26,30-31,42,47,50H,27,29H2,1H3,(H,48,54). The van der Waals surface area contributed by atoms with Crippen molar-refractivity contribution < 1.29 is 26.4 Å². The van der Waals surface area contributed by atoms with Gasteiger partial charge in [-0.1, -0.05) is 64.7 Å². The summed E-state index contributed by atoms with van der Waals surface area (Å²) < 4.78 is 58.9. The average molecular weight is 883 g/mol. The van der Waals surface area contributed by atoms with Crippen LogP contribution in [-0.4, -0.2) is 50.2 Å². The van der Waals surface area contributed by atoms with Gasteiger partial charge in [0.25, 0.3) is 31.9 Å². The molecule has 298 valence electrons. The summed E-state index contributed by atoms with van der Waals surface area (Å²) in [4.78, 5) is 29.1. The van der Waals surface area contributed by atoms with Crippen LogP contribution in [0.4, 0.5) is 17.1 Å². The monoisotopic (exact) mass is 881 g/mol. The molecule has 13 nitrogen and oxygen atoms in total. The van der Waals surface area contributed by atoms with Gasteiger partial charge >= 0.3 is 0 Å². The van der Waals surface area contributed by atoms with Crippen LogP contribution in [0.3, 0.4) is 0 Å². The summed E-state index contributed by atoms with van der Waals surface area (Å²) in [5.74, 6) is 30.3. The van der Waals surface area contributed by atoms with Gasteiger partial charge in [0.1, 0.15) is 5.52 Å². The van der Waals surface area contributed by atoms with Crippen molar-refractivity contribution in [1.82, 2.24) is 19.7 Å². The number of hydrogen-bond acceptors (Lipinski definition) is 8. The topological polar surface area (TPSA) is 172 Å². The number of fused-ring (bicyclic) bond motifs is 2. The van der Waals surface area contributed by atoms with E-state index in [1.165, 1.54) is 21.7 Å². The van der Waals surface area contributed by atoms with Gasteiger partial charge in [0, 0.05) is 53.8 Å². The highest BCUT2D eigenvalue weighted by molar-refractivity contribution is 7.92. The van der Waals surface area contributed by atoms with Crippen LogP contribution in [0.25, 0.3) is 11.0 Å². The number of halogens is 2. The van der Waals surface area contributed by atoms with Crippen molar-refractivity contribution in [1.29, 1.82) is 0 Å². The van der Waals surface area contributed by atoms with Crippen LogP contribution in [-0.2, 0) is 36.1 Å². The van der Waals surface area contributed by atoms with Gasteiger partial charge in [-0.05, 0) is 109 Å². The van der Waals surface area contributed by atoms with Crippen LogP contribution in [0.5, 0.6) is 0 Å². The van der Waals surface area contributed by atoms with Gasteiger partial charge in [0.15, 0.2) is 0 Å². The number of carbonyl (C=O) groups excluding carboxylic acids is 2. The van der Waals surface area contributed by atoms with Gasteiger partial charge in [0.05, 0.1) is 36.7 Å². The molecule has 0 fully saturated rings. The first kappa shape index (κ1) is 42.8. The highest BCUT2D eigenvalue weighted by atomic mass is 35.5. The average Bonchev–Trinajstić information content (AvgIpc) is 3.87. The zero-order chi connectivity index (χ0) is 43.4. The molecule has 1 unspecified atom stereocenters. The number of sulfonamides is 2.